The lowest BCUT2D eigenvalue weighted by Gasteiger charge is -2.14. The Kier molecular flexibility index (Phi) is 5.30. The maximum atomic E-state index is 12.7. The molecule has 2 atom stereocenters. The zero-order valence-electron chi connectivity index (χ0n) is 17.4. The lowest BCUT2D eigenvalue weighted by atomic mass is 10.1. The Morgan fingerprint density at radius 1 is 1.14 bits per heavy atom. The van der Waals surface area contributed by atoms with Gasteiger partial charge in [0.2, 0.25) is 0 Å². The van der Waals surface area contributed by atoms with E-state index in [-0.39, 0.29) is 18.1 Å². The van der Waals surface area contributed by atoms with Crippen LogP contribution in [0.3, 0.4) is 0 Å². The molecule has 6 nitrogen and oxygen atoms in total. The number of aryl methyl sites for hydroxylation is 3. The van der Waals surface area contributed by atoms with E-state index in [1.807, 2.05) is 32.0 Å². The molecule has 1 aromatic heterocycles. The van der Waals surface area contributed by atoms with Crippen molar-refractivity contribution in [2.45, 2.75) is 45.9 Å². The van der Waals surface area contributed by atoms with Crippen molar-refractivity contribution in [1.82, 2.24) is 20.7 Å². The Balaban J connectivity index is 1.51. The number of methoxy groups -OCH3 is 1. The molecule has 0 aliphatic carbocycles. The number of hydrogen-bond acceptors (Lipinski definition) is 4. The van der Waals surface area contributed by atoms with Crippen LogP contribution >= 0.6 is 0 Å². The van der Waals surface area contributed by atoms with Gasteiger partial charge in [-0.25, -0.2) is 10.9 Å². The molecule has 2 aromatic carbocycles. The van der Waals surface area contributed by atoms with Crippen LogP contribution in [0.15, 0.2) is 42.5 Å². The first-order valence-corrected chi connectivity index (χ1v) is 10.1. The highest BCUT2D eigenvalue weighted by molar-refractivity contribution is 5.94. The summed E-state index contributed by atoms with van der Waals surface area (Å²) >= 11 is 0. The molecular weight excluding hydrogens is 364 g/mol. The van der Waals surface area contributed by atoms with E-state index in [0.717, 1.165) is 35.4 Å². The summed E-state index contributed by atoms with van der Waals surface area (Å²) in [5, 5.41) is 4.28. The molecule has 1 fully saturated rings. The van der Waals surface area contributed by atoms with E-state index in [1.165, 1.54) is 11.1 Å². The van der Waals surface area contributed by atoms with Crippen LogP contribution in [0.4, 0.5) is 0 Å². The Morgan fingerprint density at radius 3 is 2.59 bits per heavy atom. The monoisotopic (exact) mass is 392 g/mol. The second kappa shape index (κ2) is 7.89. The molecule has 2 heterocycles. The van der Waals surface area contributed by atoms with Crippen molar-refractivity contribution in [3.8, 4) is 5.75 Å². The third kappa shape index (κ3) is 3.86. The number of nitrogens with zero attached hydrogens (tertiary/aromatic N) is 1. The van der Waals surface area contributed by atoms with Crippen LogP contribution in [-0.2, 0) is 6.54 Å². The summed E-state index contributed by atoms with van der Waals surface area (Å²) in [7, 11) is 1.69. The summed E-state index contributed by atoms with van der Waals surface area (Å²) in [5.41, 5.74) is 11.8. The predicted octanol–water partition coefficient (Wildman–Crippen LogP) is 3.58. The topological polar surface area (TPSA) is 67.3 Å². The van der Waals surface area contributed by atoms with Gasteiger partial charge in [-0.1, -0.05) is 17.2 Å². The first-order valence-electron chi connectivity index (χ1n) is 10.1. The van der Waals surface area contributed by atoms with Crippen LogP contribution in [0.2, 0.25) is 0 Å². The lowest BCUT2D eigenvalue weighted by Crippen LogP contribution is -2.44. The largest absolute Gasteiger partial charge is 0.497 e. The number of rotatable bonds is 5. The van der Waals surface area contributed by atoms with Crippen LogP contribution in [0, 0.1) is 13.8 Å². The molecule has 6 heteroatoms. The van der Waals surface area contributed by atoms with Gasteiger partial charge >= 0.3 is 0 Å². The fourth-order valence-electron chi connectivity index (χ4n) is 4.22. The number of amides is 1. The van der Waals surface area contributed by atoms with Crippen molar-refractivity contribution in [2.24, 2.45) is 0 Å². The minimum Gasteiger partial charge on any atom is -0.497 e. The first-order chi connectivity index (χ1) is 14.0. The molecule has 0 bridgehead atoms. The van der Waals surface area contributed by atoms with Gasteiger partial charge in [0.1, 0.15) is 5.75 Å². The van der Waals surface area contributed by atoms with Crippen LogP contribution in [0.25, 0.3) is 10.9 Å². The van der Waals surface area contributed by atoms with Gasteiger partial charge in [0.05, 0.1) is 24.8 Å². The number of carbonyl (C=O) groups excluding carboxylic acids is 1. The SMILES string of the molecule is CCn1c(C2CC(NC(=O)c3cc(C)cc(C)c3)NN2)cc2ccc(OC)cc21. The summed E-state index contributed by atoms with van der Waals surface area (Å²) < 4.78 is 7.68. The van der Waals surface area contributed by atoms with Crippen molar-refractivity contribution in [3.05, 3.63) is 64.8 Å². The standard InChI is InChI=1S/C23H28N4O2/c1-5-27-20-12-18(29-4)7-6-16(20)11-21(27)19-13-22(26-25-19)24-23(28)17-9-14(2)8-15(3)10-17/h6-12,19,22,25-26H,5,13H2,1-4H3,(H,24,28). The second-order valence-corrected chi connectivity index (χ2v) is 7.72. The molecule has 2 unspecified atom stereocenters. The van der Waals surface area contributed by atoms with Crippen LogP contribution < -0.4 is 20.9 Å². The smallest absolute Gasteiger partial charge is 0.252 e. The predicted molar refractivity (Wildman–Crippen MR) is 115 cm³/mol. The Hall–Kier alpha value is -2.83. The highest BCUT2D eigenvalue weighted by Crippen LogP contribution is 2.30. The van der Waals surface area contributed by atoms with Crippen LogP contribution in [0.1, 0.15) is 46.6 Å². The molecule has 1 amide bonds. The molecule has 4 rings (SSSR count). The summed E-state index contributed by atoms with van der Waals surface area (Å²) in [6, 6.07) is 14.4. The van der Waals surface area contributed by atoms with Gasteiger partial charge in [0, 0.05) is 35.7 Å². The summed E-state index contributed by atoms with van der Waals surface area (Å²) in [6.07, 6.45) is 0.635. The minimum absolute atomic E-state index is 0.0579. The van der Waals surface area contributed by atoms with Crippen molar-refractivity contribution in [1.29, 1.82) is 0 Å². The molecule has 1 aliphatic rings. The normalized spacial score (nSPS) is 18.9. The number of benzene rings is 2. The number of hydrogen-bond donors (Lipinski definition) is 3. The van der Waals surface area contributed by atoms with Crippen molar-refractivity contribution < 1.29 is 9.53 Å². The number of carbonyl (C=O) groups is 1. The average molecular weight is 393 g/mol. The van der Waals surface area contributed by atoms with Crippen LogP contribution in [-0.4, -0.2) is 23.7 Å². The van der Waals surface area contributed by atoms with E-state index in [2.05, 4.69) is 51.9 Å². The van der Waals surface area contributed by atoms with Crippen molar-refractivity contribution >= 4 is 16.8 Å². The molecule has 3 aromatic rings. The molecule has 1 saturated heterocycles. The minimum atomic E-state index is -0.133. The first kappa shape index (κ1) is 19.5. The number of hydrazine groups is 1. The number of ether oxygens (including phenoxy) is 1. The fraction of sp³-hybridized carbons (Fsp3) is 0.348. The van der Waals surface area contributed by atoms with Gasteiger partial charge in [-0.3, -0.25) is 4.79 Å². The zero-order valence-corrected chi connectivity index (χ0v) is 17.4. The highest BCUT2D eigenvalue weighted by atomic mass is 16.5. The third-order valence-electron chi connectivity index (χ3n) is 5.51. The Morgan fingerprint density at radius 2 is 1.90 bits per heavy atom. The molecule has 3 N–H and O–H groups in total. The Labute approximate surface area is 171 Å². The van der Waals surface area contributed by atoms with Gasteiger partial charge in [-0.2, -0.15) is 0 Å². The molecular formula is C23H28N4O2. The van der Waals surface area contributed by atoms with E-state index in [0.29, 0.717) is 5.56 Å². The molecule has 1 aliphatic heterocycles. The van der Waals surface area contributed by atoms with Gasteiger partial charge in [0.15, 0.2) is 0 Å². The van der Waals surface area contributed by atoms with Gasteiger partial charge in [0.25, 0.3) is 5.91 Å². The summed E-state index contributed by atoms with van der Waals surface area (Å²) in [4.78, 5) is 12.7. The number of nitrogens with one attached hydrogen (secondary N) is 3. The zero-order chi connectivity index (χ0) is 20.5. The second-order valence-electron chi connectivity index (χ2n) is 7.72. The van der Waals surface area contributed by atoms with Gasteiger partial charge in [-0.05, 0) is 51.1 Å². The quantitative estimate of drug-likeness (QED) is 0.621. The summed E-state index contributed by atoms with van der Waals surface area (Å²) in [6.45, 7) is 7.02. The van der Waals surface area contributed by atoms with E-state index >= 15 is 0 Å². The number of aromatic nitrogens is 1. The van der Waals surface area contributed by atoms with Gasteiger partial charge < -0.3 is 14.6 Å². The number of fused-ring (bicyclic) bond motifs is 1. The molecule has 0 saturated carbocycles. The molecule has 0 radical (unpaired) electrons. The van der Waals surface area contributed by atoms with Crippen molar-refractivity contribution in [2.75, 3.05) is 7.11 Å². The highest BCUT2D eigenvalue weighted by Gasteiger charge is 2.29. The molecule has 29 heavy (non-hydrogen) atoms. The maximum absolute atomic E-state index is 12.7. The fourth-order valence-corrected chi connectivity index (χ4v) is 4.22. The average Bonchev–Trinajstić information content (AvgIpc) is 3.30. The van der Waals surface area contributed by atoms with E-state index in [4.69, 9.17) is 4.74 Å². The summed E-state index contributed by atoms with van der Waals surface area (Å²) in [5.74, 6) is 0.797. The van der Waals surface area contributed by atoms with Gasteiger partial charge in [-0.15, -0.1) is 0 Å². The maximum Gasteiger partial charge on any atom is 0.252 e. The third-order valence-corrected chi connectivity index (χ3v) is 5.51. The molecule has 0 spiro atoms. The Bertz CT molecular complexity index is 1040. The van der Waals surface area contributed by atoms with Crippen LogP contribution in [0.5, 0.6) is 5.75 Å². The van der Waals surface area contributed by atoms with E-state index in [9.17, 15) is 4.79 Å². The van der Waals surface area contributed by atoms with E-state index < -0.39 is 0 Å². The lowest BCUT2D eigenvalue weighted by molar-refractivity contribution is 0.0932. The molecule has 152 valence electrons. The van der Waals surface area contributed by atoms with Crippen molar-refractivity contribution in [3.63, 3.8) is 0 Å². The van der Waals surface area contributed by atoms with E-state index in [1.54, 1.807) is 7.11 Å².